The molecule has 0 aliphatic carbocycles. The van der Waals surface area contributed by atoms with Crippen molar-refractivity contribution in [2.75, 3.05) is 6.54 Å². The predicted octanol–water partition coefficient (Wildman–Crippen LogP) is 2.94. The molecule has 0 saturated carbocycles. The molecule has 0 aromatic rings. The maximum atomic E-state index is 12.2. The van der Waals surface area contributed by atoms with Crippen molar-refractivity contribution in [2.45, 2.75) is 78.5 Å². The molecule has 21 heavy (non-hydrogen) atoms. The molecule has 0 bridgehead atoms. The Balaban J connectivity index is 2.57. The third-order valence-electron chi connectivity index (χ3n) is 3.51. The van der Waals surface area contributed by atoms with Gasteiger partial charge in [0, 0.05) is 24.5 Å². The number of rotatable bonds is 4. The molecule has 2 amide bonds. The Kier molecular flexibility index (Phi) is 6.05. The van der Waals surface area contributed by atoms with E-state index in [9.17, 15) is 9.59 Å². The van der Waals surface area contributed by atoms with Gasteiger partial charge in [-0.3, -0.25) is 4.79 Å². The van der Waals surface area contributed by atoms with Gasteiger partial charge in [0.05, 0.1) is 0 Å². The molecule has 0 aromatic carbocycles. The molecule has 0 unspecified atom stereocenters. The fraction of sp³-hybridized carbons (Fsp3) is 0.875. The first-order valence-corrected chi connectivity index (χ1v) is 7.90. The van der Waals surface area contributed by atoms with Crippen LogP contribution in [-0.4, -0.2) is 41.1 Å². The van der Waals surface area contributed by atoms with Crippen LogP contribution in [0.1, 0.15) is 60.8 Å². The monoisotopic (exact) mass is 298 g/mol. The van der Waals surface area contributed by atoms with E-state index in [1.807, 2.05) is 41.5 Å². The average molecular weight is 298 g/mol. The summed E-state index contributed by atoms with van der Waals surface area (Å²) in [6.45, 7) is 12.2. The van der Waals surface area contributed by atoms with Crippen LogP contribution >= 0.6 is 0 Å². The minimum absolute atomic E-state index is 0.0565. The lowest BCUT2D eigenvalue weighted by Gasteiger charge is -2.29. The molecule has 0 radical (unpaired) electrons. The van der Waals surface area contributed by atoms with Gasteiger partial charge in [-0.15, -0.1) is 0 Å². The standard InChI is InChI=1S/C16H30N2O3/c1-11(2)17-14(19)12(3)10-13-8-7-9-18(13)15(20)21-16(4,5)6/h11-13H,7-10H2,1-6H3,(H,17,19)/t12-,13+/m1/s1. The molecule has 2 atom stereocenters. The molecule has 5 heteroatoms. The normalized spacial score (nSPS) is 20.5. The summed E-state index contributed by atoms with van der Waals surface area (Å²) in [6, 6.07) is 0.248. The van der Waals surface area contributed by atoms with Crippen LogP contribution in [0.5, 0.6) is 0 Å². The molecule has 1 rings (SSSR count). The van der Waals surface area contributed by atoms with Crippen LogP contribution in [0.3, 0.4) is 0 Å². The third kappa shape index (κ3) is 5.94. The molecule has 1 fully saturated rings. The number of ether oxygens (including phenoxy) is 1. The first kappa shape index (κ1) is 17.8. The van der Waals surface area contributed by atoms with Crippen molar-refractivity contribution >= 4 is 12.0 Å². The Morgan fingerprint density at radius 2 is 1.90 bits per heavy atom. The van der Waals surface area contributed by atoms with Crippen molar-refractivity contribution in [1.82, 2.24) is 10.2 Å². The third-order valence-corrected chi connectivity index (χ3v) is 3.51. The fourth-order valence-electron chi connectivity index (χ4n) is 2.58. The lowest BCUT2D eigenvalue weighted by atomic mass is 9.99. The Morgan fingerprint density at radius 1 is 1.29 bits per heavy atom. The van der Waals surface area contributed by atoms with Crippen molar-refractivity contribution in [3.8, 4) is 0 Å². The van der Waals surface area contributed by atoms with Crippen molar-refractivity contribution in [3.63, 3.8) is 0 Å². The summed E-state index contributed by atoms with van der Waals surface area (Å²) in [5, 5.41) is 2.93. The number of hydrogen-bond donors (Lipinski definition) is 1. The highest BCUT2D eigenvalue weighted by Gasteiger charge is 2.34. The van der Waals surface area contributed by atoms with E-state index in [-0.39, 0.29) is 30.0 Å². The zero-order chi connectivity index (χ0) is 16.2. The molecular weight excluding hydrogens is 268 g/mol. The van der Waals surface area contributed by atoms with E-state index in [2.05, 4.69) is 5.32 Å². The van der Waals surface area contributed by atoms with E-state index in [1.54, 1.807) is 4.90 Å². The van der Waals surface area contributed by atoms with Gasteiger partial charge in [0.15, 0.2) is 0 Å². The number of carbonyl (C=O) groups is 2. The van der Waals surface area contributed by atoms with Gasteiger partial charge >= 0.3 is 6.09 Å². The van der Waals surface area contributed by atoms with E-state index in [0.29, 0.717) is 6.42 Å². The summed E-state index contributed by atoms with van der Waals surface area (Å²) in [6.07, 6.45) is 2.35. The Hall–Kier alpha value is -1.26. The van der Waals surface area contributed by atoms with Gasteiger partial charge in [0.1, 0.15) is 5.60 Å². The molecule has 5 nitrogen and oxygen atoms in total. The smallest absolute Gasteiger partial charge is 0.410 e. The maximum Gasteiger partial charge on any atom is 0.410 e. The van der Waals surface area contributed by atoms with Crippen LogP contribution in [0.25, 0.3) is 0 Å². The van der Waals surface area contributed by atoms with Crippen LogP contribution in [0.15, 0.2) is 0 Å². The highest BCUT2D eigenvalue weighted by Crippen LogP contribution is 2.25. The van der Waals surface area contributed by atoms with Crippen LogP contribution in [0.4, 0.5) is 4.79 Å². The highest BCUT2D eigenvalue weighted by atomic mass is 16.6. The van der Waals surface area contributed by atoms with Gasteiger partial charge < -0.3 is 15.0 Å². The van der Waals surface area contributed by atoms with Crippen LogP contribution in [0, 0.1) is 5.92 Å². The number of nitrogens with one attached hydrogen (secondary N) is 1. The summed E-state index contributed by atoms with van der Waals surface area (Å²) in [5.74, 6) is -0.0403. The second-order valence-electron chi connectivity index (χ2n) is 7.27. The number of nitrogens with zero attached hydrogens (tertiary/aromatic N) is 1. The van der Waals surface area contributed by atoms with Crippen molar-refractivity contribution in [3.05, 3.63) is 0 Å². The van der Waals surface area contributed by atoms with E-state index < -0.39 is 5.60 Å². The first-order chi connectivity index (χ1) is 9.60. The Labute approximate surface area is 128 Å². The van der Waals surface area contributed by atoms with Gasteiger partial charge in [-0.2, -0.15) is 0 Å². The molecule has 1 heterocycles. The van der Waals surface area contributed by atoms with Crippen molar-refractivity contribution in [1.29, 1.82) is 0 Å². The lowest BCUT2D eigenvalue weighted by molar-refractivity contribution is -0.125. The Bertz CT molecular complexity index is 374. The molecule has 0 aromatic heterocycles. The van der Waals surface area contributed by atoms with Gasteiger partial charge in [-0.05, 0) is 53.9 Å². The van der Waals surface area contributed by atoms with Gasteiger partial charge in [-0.1, -0.05) is 6.92 Å². The second-order valence-corrected chi connectivity index (χ2v) is 7.27. The largest absolute Gasteiger partial charge is 0.444 e. The minimum atomic E-state index is -0.481. The van der Waals surface area contributed by atoms with Gasteiger partial charge in [-0.25, -0.2) is 4.79 Å². The quantitative estimate of drug-likeness (QED) is 0.868. The van der Waals surface area contributed by atoms with Crippen molar-refractivity contribution in [2.24, 2.45) is 5.92 Å². The SMILES string of the molecule is CC(C)NC(=O)[C@H](C)C[C@@H]1CCCN1C(=O)OC(C)(C)C. The van der Waals surface area contributed by atoms with E-state index in [0.717, 1.165) is 19.4 Å². The summed E-state index contributed by atoms with van der Waals surface area (Å²) < 4.78 is 5.44. The number of carbonyl (C=O) groups excluding carboxylic acids is 2. The summed E-state index contributed by atoms with van der Waals surface area (Å²) in [4.78, 5) is 26.0. The summed E-state index contributed by atoms with van der Waals surface area (Å²) in [5.41, 5.74) is -0.481. The first-order valence-electron chi connectivity index (χ1n) is 7.90. The van der Waals surface area contributed by atoms with Crippen LogP contribution in [-0.2, 0) is 9.53 Å². The number of amides is 2. The molecule has 0 spiro atoms. The van der Waals surface area contributed by atoms with Gasteiger partial charge in [0.25, 0.3) is 0 Å². The second kappa shape index (κ2) is 7.14. The summed E-state index contributed by atoms with van der Waals surface area (Å²) in [7, 11) is 0. The van der Waals surface area contributed by atoms with Crippen molar-refractivity contribution < 1.29 is 14.3 Å². The fourth-order valence-corrected chi connectivity index (χ4v) is 2.58. The highest BCUT2D eigenvalue weighted by molar-refractivity contribution is 5.78. The number of hydrogen-bond acceptors (Lipinski definition) is 3. The summed E-state index contributed by atoms with van der Waals surface area (Å²) >= 11 is 0. The maximum absolute atomic E-state index is 12.2. The molecule has 1 saturated heterocycles. The average Bonchev–Trinajstić information content (AvgIpc) is 2.73. The molecule has 1 aliphatic rings. The predicted molar refractivity (Wildman–Crippen MR) is 83.0 cm³/mol. The zero-order valence-corrected chi connectivity index (χ0v) is 14.2. The van der Waals surface area contributed by atoms with Gasteiger partial charge in [0.2, 0.25) is 5.91 Å². The van der Waals surface area contributed by atoms with Crippen LogP contribution in [0.2, 0.25) is 0 Å². The molecule has 1 N–H and O–H groups in total. The Morgan fingerprint density at radius 3 is 2.43 bits per heavy atom. The molecule has 1 aliphatic heterocycles. The van der Waals surface area contributed by atoms with Crippen LogP contribution < -0.4 is 5.32 Å². The number of likely N-dealkylation sites (tertiary alicyclic amines) is 1. The van der Waals surface area contributed by atoms with E-state index >= 15 is 0 Å². The van der Waals surface area contributed by atoms with E-state index in [4.69, 9.17) is 4.74 Å². The lowest BCUT2D eigenvalue weighted by Crippen LogP contribution is -2.42. The zero-order valence-electron chi connectivity index (χ0n) is 14.2. The minimum Gasteiger partial charge on any atom is -0.444 e. The van der Waals surface area contributed by atoms with E-state index in [1.165, 1.54) is 0 Å². The topological polar surface area (TPSA) is 58.6 Å². The molecule has 122 valence electrons. The molecular formula is C16H30N2O3.